The molecule has 4 heteroatoms. The van der Waals surface area contributed by atoms with Crippen LogP contribution in [-0.4, -0.2) is 21.6 Å². The number of esters is 1. The average Bonchev–Trinajstić information content (AvgIpc) is 2.91. The van der Waals surface area contributed by atoms with Crippen molar-refractivity contribution in [2.45, 2.75) is 71.9 Å². The number of imidazole rings is 1. The molecule has 0 spiro atoms. The molecule has 4 nitrogen and oxygen atoms in total. The molecule has 0 saturated carbocycles. The van der Waals surface area contributed by atoms with Crippen molar-refractivity contribution in [2.75, 3.05) is 0 Å². The molecule has 0 aromatic carbocycles. The number of hydrogen-bond acceptors (Lipinski definition) is 3. The predicted molar refractivity (Wildman–Crippen MR) is 80.3 cm³/mol. The van der Waals surface area contributed by atoms with Gasteiger partial charge in [-0.25, -0.2) is 4.98 Å². The van der Waals surface area contributed by atoms with E-state index < -0.39 is 0 Å². The second-order valence-electron chi connectivity index (χ2n) is 5.67. The highest BCUT2D eigenvalue weighted by Gasteiger charge is 2.12. The molecule has 1 heterocycles. The Bertz CT molecular complexity index is 363. The summed E-state index contributed by atoms with van der Waals surface area (Å²) in [6.07, 6.45) is 11.8. The lowest BCUT2D eigenvalue weighted by atomic mass is 10.00. The first-order valence-electron chi connectivity index (χ1n) is 7.77. The monoisotopic (exact) mass is 280 g/mol. The minimum Gasteiger partial charge on any atom is -0.463 e. The number of nitrogens with zero attached hydrogens (tertiary/aromatic N) is 2. The maximum atomic E-state index is 11.6. The van der Waals surface area contributed by atoms with E-state index in [1.54, 1.807) is 0 Å². The zero-order chi connectivity index (χ0) is 14.8. The first kappa shape index (κ1) is 16.7. The first-order chi connectivity index (χ1) is 9.61. The Kier molecular flexibility index (Phi) is 8.00. The minimum atomic E-state index is -0.0507. The Balaban J connectivity index is 2.02. The highest BCUT2D eigenvalue weighted by atomic mass is 16.5. The van der Waals surface area contributed by atoms with Crippen molar-refractivity contribution in [3.63, 3.8) is 0 Å². The topological polar surface area (TPSA) is 44.1 Å². The quantitative estimate of drug-likeness (QED) is 0.483. The number of unbranched alkanes of at least 4 members (excludes halogenated alkanes) is 2. The normalized spacial score (nSPS) is 13.9. The maximum Gasteiger partial charge on any atom is 0.306 e. The van der Waals surface area contributed by atoms with Gasteiger partial charge in [0.1, 0.15) is 0 Å². The Morgan fingerprint density at radius 1 is 1.30 bits per heavy atom. The molecule has 0 N–H and O–H groups in total. The molecule has 0 saturated heterocycles. The highest BCUT2D eigenvalue weighted by molar-refractivity contribution is 5.69. The van der Waals surface area contributed by atoms with Crippen LogP contribution in [0.5, 0.6) is 0 Å². The second-order valence-corrected chi connectivity index (χ2v) is 5.67. The van der Waals surface area contributed by atoms with Crippen molar-refractivity contribution >= 4 is 5.97 Å². The van der Waals surface area contributed by atoms with E-state index in [-0.39, 0.29) is 12.1 Å². The summed E-state index contributed by atoms with van der Waals surface area (Å²) in [5.74, 6) is 0.366. The average molecular weight is 280 g/mol. The fraction of sp³-hybridized carbons (Fsp3) is 0.750. The lowest BCUT2D eigenvalue weighted by Gasteiger charge is -2.14. The second kappa shape index (κ2) is 9.56. The van der Waals surface area contributed by atoms with Gasteiger partial charge in [-0.15, -0.1) is 0 Å². The van der Waals surface area contributed by atoms with Crippen LogP contribution in [0.4, 0.5) is 0 Å². The molecule has 0 radical (unpaired) electrons. The predicted octanol–water partition coefficient (Wildman–Crippen LogP) is 3.81. The fourth-order valence-corrected chi connectivity index (χ4v) is 2.13. The standard InChI is InChI=1S/C16H28N2O2/c1-4-15(3)20-16(19)12-14(2)8-6-5-7-10-18-11-9-17-13-18/h9,11,13-15H,4-8,10,12H2,1-3H3. The van der Waals surface area contributed by atoms with Crippen molar-refractivity contribution in [1.82, 2.24) is 9.55 Å². The zero-order valence-corrected chi connectivity index (χ0v) is 13.0. The molecule has 0 fully saturated rings. The molecule has 1 rings (SSSR count). The summed E-state index contributed by atoms with van der Waals surface area (Å²) in [6, 6.07) is 0. The van der Waals surface area contributed by atoms with E-state index >= 15 is 0 Å². The van der Waals surface area contributed by atoms with E-state index in [1.807, 2.05) is 32.6 Å². The van der Waals surface area contributed by atoms with E-state index in [2.05, 4.69) is 16.5 Å². The smallest absolute Gasteiger partial charge is 0.306 e. The Labute approximate surface area is 122 Å². The Morgan fingerprint density at radius 3 is 2.75 bits per heavy atom. The lowest BCUT2D eigenvalue weighted by molar-refractivity contribution is -0.149. The molecule has 2 atom stereocenters. The molecule has 1 aromatic heterocycles. The van der Waals surface area contributed by atoms with E-state index in [9.17, 15) is 4.79 Å². The first-order valence-corrected chi connectivity index (χ1v) is 7.77. The molecular formula is C16H28N2O2. The molecule has 0 aliphatic rings. The summed E-state index contributed by atoms with van der Waals surface area (Å²) in [7, 11) is 0. The van der Waals surface area contributed by atoms with Crippen LogP contribution in [0.3, 0.4) is 0 Å². The lowest BCUT2D eigenvalue weighted by Crippen LogP contribution is -2.16. The van der Waals surface area contributed by atoms with Gasteiger partial charge in [0.05, 0.1) is 12.4 Å². The van der Waals surface area contributed by atoms with Gasteiger partial charge in [-0.1, -0.05) is 33.1 Å². The van der Waals surface area contributed by atoms with E-state index in [0.29, 0.717) is 12.3 Å². The number of hydrogen-bond donors (Lipinski definition) is 0. The van der Waals surface area contributed by atoms with Gasteiger partial charge >= 0.3 is 5.97 Å². The van der Waals surface area contributed by atoms with Crippen molar-refractivity contribution in [3.05, 3.63) is 18.7 Å². The third-order valence-electron chi connectivity index (χ3n) is 3.60. The summed E-state index contributed by atoms with van der Waals surface area (Å²) >= 11 is 0. The molecule has 20 heavy (non-hydrogen) atoms. The molecule has 2 unspecified atom stereocenters. The molecule has 114 valence electrons. The summed E-state index contributed by atoms with van der Waals surface area (Å²) in [5.41, 5.74) is 0. The van der Waals surface area contributed by atoms with Crippen LogP contribution >= 0.6 is 0 Å². The Morgan fingerprint density at radius 2 is 2.10 bits per heavy atom. The van der Waals surface area contributed by atoms with Crippen LogP contribution < -0.4 is 0 Å². The minimum absolute atomic E-state index is 0.0462. The van der Waals surface area contributed by atoms with Crippen molar-refractivity contribution in [3.8, 4) is 0 Å². The fourth-order valence-electron chi connectivity index (χ4n) is 2.13. The molecule has 0 bridgehead atoms. The molecule has 0 aliphatic heterocycles. The number of carbonyl (C=O) groups excluding carboxylic acids is 1. The number of aromatic nitrogens is 2. The van der Waals surface area contributed by atoms with Crippen molar-refractivity contribution in [1.29, 1.82) is 0 Å². The van der Waals surface area contributed by atoms with Gasteiger partial charge in [0.25, 0.3) is 0 Å². The van der Waals surface area contributed by atoms with Crippen molar-refractivity contribution < 1.29 is 9.53 Å². The van der Waals surface area contributed by atoms with Gasteiger partial charge in [0.15, 0.2) is 0 Å². The number of aryl methyl sites for hydroxylation is 1. The molecule has 1 aromatic rings. The van der Waals surface area contributed by atoms with Gasteiger partial charge < -0.3 is 9.30 Å². The van der Waals surface area contributed by atoms with Crippen LogP contribution in [0.25, 0.3) is 0 Å². The Hall–Kier alpha value is -1.32. The molecule has 0 aliphatic carbocycles. The van der Waals surface area contributed by atoms with Crippen molar-refractivity contribution in [2.24, 2.45) is 5.92 Å². The van der Waals surface area contributed by atoms with Crippen LogP contribution in [-0.2, 0) is 16.1 Å². The van der Waals surface area contributed by atoms with Crippen LogP contribution in [0.2, 0.25) is 0 Å². The van der Waals surface area contributed by atoms with Crippen LogP contribution in [0.15, 0.2) is 18.7 Å². The van der Waals surface area contributed by atoms with Gasteiger partial charge in [0.2, 0.25) is 0 Å². The summed E-state index contributed by atoms with van der Waals surface area (Å²) in [5, 5.41) is 0. The van der Waals surface area contributed by atoms with E-state index in [1.165, 1.54) is 19.3 Å². The maximum absolute atomic E-state index is 11.6. The highest BCUT2D eigenvalue weighted by Crippen LogP contribution is 2.15. The third kappa shape index (κ3) is 7.31. The van der Waals surface area contributed by atoms with Gasteiger partial charge in [-0.3, -0.25) is 4.79 Å². The van der Waals surface area contributed by atoms with Crippen LogP contribution in [0, 0.1) is 5.92 Å². The summed E-state index contributed by atoms with van der Waals surface area (Å²) < 4.78 is 7.40. The zero-order valence-electron chi connectivity index (χ0n) is 13.0. The summed E-state index contributed by atoms with van der Waals surface area (Å²) in [4.78, 5) is 15.7. The molecular weight excluding hydrogens is 252 g/mol. The third-order valence-corrected chi connectivity index (χ3v) is 3.60. The molecule has 0 amide bonds. The SMILES string of the molecule is CCC(C)OC(=O)CC(C)CCCCCn1ccnc1. The van der Waals surface area contributed by atoms with Gasteiger partial charge in [-0.2, -0.15) is 0 Å². The van der Waals surface area contributed by atoms with E-state index in [4.69, 9.17) is 4.74 Å². The number of ether oxygens (including phenoxy) is 1. The van der Waals surface area contributed by atoms with Crippen LogP contribution in [0.1, 0.15) is 59.3 Å². The number of rotatable bonds is 10. The largest absolute Gasteiger partial charge is 0.463 e. The number of carbonyl (C=O) groups is 1. The van der Waals surface area contributed by atoms with Gasteiger partial charge in [-0.05, 0) is 25.7 Å². The summed E-state index contributed by atoms with van der Waals surface area (Å²) in [6.45, 7) is 7.14. The van der Waals surface area contributed by atoms with Gasteiger partial charge in [0, 0.05) is 25.4 Å². The van der Waals surface area contributed by atoms with E-state index in [0.717, 1.165) is 19.4 Å².